The molecular formula is C18H14N4O5S. The molecule has 0 radical (unpaired) electrons. The largest absolute Gasteiger partial charge is 0.469 e. The molecule has 28 heavy (non-hydrogen) atoms. The molecule has 1 unspecified atom stereocenters. The van der Waals surface area contributed by atoms with Crippen molar-refractivity contribution < 1.29 is 18.9 Å². The first kappa shape index (κ1) is 19.2. The second-order valence-corrected chi connectivity index (χ2v) is 6.80. The maximum atomic E-state index is 12.2. The summed E-state index contributed by atoms with van der Waals surface area (Å²) >= 11 is 1.03. The van der Waals surface area contributed by atoms with Gasteiger partial charge in [-0.1, -0.05) is 11.8 Å². The third-order valence-electron chi connectivity index (χ3n) is 3.95. The standard InChI is InChI=1S/C18H14N4O5S/c19-9-14-13(15-2-1-7-27-15)8-16(23)21-18(14)28-10-17(24)20-11-3-5-12(6-4-11)22(25)26/h1-7,13H,8,10H2,(H,20,24)(H,21,23). The monoisotopic (exact) mass is 398 g/mol. The van der Waals surface area contributed by atoms with Gasteiger partial charge in [0.2, 0.25) is 11.8 Å². The van der Waals surface area contributed by atoms with Crippen LogP contribution in [0.5, 0.6) is 0 Å². The Kier molecular flexibility index (Phi) is 5.76. The normalized spacial score (nSPS) is 16.2. The summed E-state index contributed by atoms with van der Waals surface area (Å²) in [6.07, 6.45) is 1.57. The molecule has 1 atom stereocenters. The first-order valence-electron chi connectivity index (χ1n) is 8.12. The van der Waals surface area contributed by atoms with E-state index in [2.05, 4.69) is 16.7 Å². The number of benzene rings is 1. The molecular weight excluding hydrogens is 384 g/mol. The summed E-state index contributed by atoms with van der Waals surface area (Å²) < 4.78 is 5.33. The number of amides is 2. The molecule has 0 aliphatic carbocycles. The molecule has 0 fully saturated rings. The second kappa shape index (κ2) is 8.41. The molecule has 2 heterocycles. The van der Waals surface area contributed by atoms with Crippen LogP contribution in [0.4, 0.5) is 11.4 Å². The first-order chi connectivity index (χ1) is 13.5. The summed E-state index contributed by atoms with van der Waals surface area (Å²) in [6.45, 7) is 0. The molecule has 2 amide bonds. The molecule has 9 nitrogen and oxygen atoms in total. The summed E-state index contributed by atoms with van der Waals surface area (Å²) in [5, 5.41) is 25.7. The summed E-state index contributed by atoms with van der Waals surface area (Å²) in [4.78, 5) is 34.3. The summed E-state index contributed by atoms with van der Waals surface area (Å²) in [7, 11) is 0. The van der Waals surface area contributed by atoms with Crippen molar-refractivity contribution >= 4 is 35.0 Å². The van der Waals surface area contributed by atoms with Gasteiger partial charge < -0.3 is 15.1 Å². The minimum atomic E-state index is -0.529. The zero-order valence-electron chi connectivity index (χ0n) is 14.4. The Labute approximate surface area is 163 Å². The minimum Gasteiger partial charge on any atom is -0.469 e. The number of allylic oxidation sites excluding steroid dienone is 1. The Balaban J connectivity index is 1.67. The fourth-order valence-corrected chi connectivity index (χ4v) is 3.54. The highest BCUT2D eigenvalue weighted by Gasteiger charge is 2.31. The average Bonchev–Trinajstić information content (AvgIpc) is 3.21. The number of furan rings is 1. The van der Waals surface area contributed by atoms with Gasteiger partial charge in [-0.05, 0) is 24.3 Å². The fourth-order valence-electron chi connectivity index (χ4n) is 2.67. The number of thioether (sulfide) groups is 1. The molecule has 0 spiro atoms. The maximum Gasteiger partial charge on any atom is 0.269 e. The number of nitro groups is 1. The fraction of sp³-hybridized carbons (Fsp3) is 0.167. The highest BCUT2D eigenvalue weighted by molar-refractivity contribution is 8.03. The number of carbonyl (C=O) groups excluding carboxylic acids is 2. The van der Waals surface area contributed by atoms with Gasteiger partial charge in [-0.2, -0.15) is 5.26 Å². The van der Waals surface area contributed by atoms with Crippen molar-refractivity contribution in [2.24, 2.45) is 0 Å². The Hall–Kier alpha value is -3.58. The van der Waals surface area contributed by atoms with E-state index in [-0.39, 0.29) is 29.7 Å². The van der Waals surface area contributed by atoms with Crippen LogP contribution in [0.2, 0.25) is 0 Å². The lowest BCUT2D eigenvalue weighted by atomic mass is 9.92. The molecule has 10 heteroatoms. The van der Waals surface area contributed by atoms with E-state index in [0.29, 0.717) is 22.0 Å². The smallest absolute Gasteiger partial charge is 0.269 e. The maximum absolute atomic E-state index is 12.2. The highest BCUT2D eigenvalue weighted by atomic mass is 32.2. The number of nitro benzene ring substituents is 1. The van der Waals surface area contributed by atoms with Gasteiger partial charge in [0.25, 0.3) is 5.69 Å². The molecule has 1 aromatic heterocycles. The van der Waals surface area contributed by atoms with Crippen molar-refractivity contribution in [2.75, 3.05) is 11.1 Å². The lowest BCUT2D eigenvalue weighted by Gasteiger charge is -2.23. The first-order valence-corrected chi connectivity index (χ1v) is 9.11. The summed E-state index contributed by atoms with van der Waals surface area (Å²) in [6, 6.07) is 10.9. The van der Waals surface area contributed by atoms with Crippen molar-refractivity contribution in [3.8, 4) is 6.07 Å². The number of nitrogens with one attached hydrogen (secondary N) is 2. The molecule has 1 aromatic carbocycles. The van der Waals surface area contributed by atoms with Crippen LogP contribution in [0, 0.1) is 21.4 Å². The van der Waals surface area contributed by atoms with Gasteiger partial charge in [0.05, 0.1) is 39.5 Å². The van der Waals surface area contributed by atoms with Crippen LogP contribution in [-0.2, 0) is 9.59 Å². The Morgan fingerprint density at radius 3 is 2.75 bits per heavy atom. The average molecular weight is 398 g/mol. The van der Waals surface area contributed by atoms with E-state index < -0.39 is 10.8 Å². The van der Waals surface area contributed by atoms with Gasteiger partial charge in [-0.3, -0.25) is 19.7 Å². The topological polar surface area (TPSA) is 138 Å². The number of anilines is 1. The lowest BCUT2D eigenvalue weighted by molar-refractivity contribution is -0.384. The molecule has 3 rings (SSSR count). The van der Waals surface area contributed by atoms with Crippen LogP contribution in [0.25, 0.3) is 0 Å². The van der Waals surface area contributed by atoms with E-state index in [1.807, 2.05) is 0 Å². The molecule has 2 N–H and O–H groups in total. The van der Waals surface area contributed by atoms with Crippen molar-refractivity contribution in [3.05, 3.63) is 69.1 Å². The van der Waals surface area contributed by atoms with E-state index in [1.165, 1.54) is 30.5 Å². The van der Waals surface area contributed by atoms with Gasteiger partial charge in [0.15, 0.2) is 0 Å². The predicted molar refractivity (Wildman–Crippen MR) is 101 cm³/mol. The van der Waals surface area contributed by atoms with Crippen molar-refractivity contribution in [1.82, 2.24) is 5.32 Å². The van der Waals surface area contributed by atoms with Crippen LogP contribution < -0.4 is 10.6 Å². The quantitative estimate of drug-likeness (QED) is 0.563. The third kappa shape index (κ3) is 4.39. The van der Waals surface area contributed by atoms with E-state index in [1.54, 1.807) is 12.1 Å². The second-order valence-electron chi connectivity index (χ2n) is 5.82. The number of hydrogen-bond donors (Lipinski definition) is 2. The van der Waals surface area contributed by atoms with E-state index in [9.17, 15) is 25.0 Å². The highest BCUT2D eigenvalue weighted by Crippen LogP contribution is 2.36. The predicted octanol–water partition coefficient (Wildman–Crippen LogP) is 2.90. The van der Waals surface area contributed by atoms with Gasteiger partial charge in [0, 0.05) is 24.2 Å². The van der Waals surface area contributed by atoms with Gasteiger partial charge in [0.1, 0.15) is 5.76 Å². The van der Waals surface area contributed by atoms with Crippen LogP contribution in [0.1, 0.15) is 18.1 Å². The zero-order valence-corrected chi connectivity index (χ0v) is 15.2. The third-order valence-corrected chi connectivity index (χ3v) is 4.97. The number of carbonyl (C=O) groups is 2. The molecule has 1 aliphatic heterocycles. The van der Waals surface area contributed by atoms with Gasteiger partial charge in [-0.15, -0.1) is 0 Å². The van der Waals surface area contributed by atoms with E-state index >= 15 is 0 Å². The molecule has 2 aromatic rings. The summed E-state index contributed by atoms with van der Waals surface area (Å²) in [5.41, 5.74) is 0.666. The van der Waals surface area contributed by atoms with Crippen LogP contribution in [0.3, 0.4) is 0 Å². The Morgan fingerprint density at radius 2 is 2.14 bits per heavy atom. The molecule has 1 aliphatic rings. The SMILES string of the molecule is N#CC1=C(SCC(=O)Nc2ccc([N+](=O)[O-])cc2)NC(=O)CC1c1ccco1. The van der Waals surface area contributed by atoms with Crippen LogP contribution in [-0.4, -0.2) is 22.5 Å². The van der Waals surface area contributed by atoms with Gasteiger partial charge in [-0.25, -0.2) is 0 Å². The van der Waals surface area contributed by atoms with Crippen molar-refractivity contribution in [2.45, 2.75) is 12.3 Å². The summed E-state index contributed by atoms with van der Waals surface area (Å²) in [5.74, 6) is -0.673. The minimum absolute atomic E-state index is 0.0529. The Bertz CT molecular complexity index is 976. The van der Waals surface area contributed by atoms with Crippen molar-refractivity contribution in [3.63, 3.8) is 0 Å². The number of rotatable bonds is 6. The van der Waals surface area contributed by atoms with Crippen molar-refractivity contribution in [1.29, 1.82) is 5.26 Å². The Morgan fingerprint density at radius 1 is 1.39 bits per heavy atom. The van der Waals surface area contributed by atoms with Crippen LogP contribution in [0.15, 0.2) is 57.7 Å². The van der Waals surface area contributed by atoms with Crippen LogP contribution >= 0.6 is 11.8 Å². The number of non-ortho nitro benzene ring substituents is 1. The molecule has 0 saturated carbocycles. The van der Waals surface area contributed by atoms with E-state index in [0.717, 1.165) is 11.8 Å². The zero-order chi connectivity index (χ0) is 20.1. The lowest BCUT2D eigenvalue weighted by Crippen LogP contribution is -2.31. The van der Waals surface area contributed by atoms with Gasteiger partial charge >= 0.3 is 0 Å². The molecule has 0 bridgehead atoms. The molecule has 142 valence electrons. The molecule has 0 saturated heterocycles. The number of nitriles is 1. The number of hydrogen-bond acceptors (Lipinski definition) is 7. The van der Waals surface area contributed by atoms with E-state index in [4.69, 9.17) is 4.42 Å². The number of nitrogens with zero attached hydrogens (tertiary/aromatic N) is 2.